The molecule has 0 bridgehead atoms. The normalized spacial score (nSPS) is 15.2. The molecule has 0 saturated carbocycles. The maximum absolute atomic E-state index is 14.2. The molecule has 5 rings (SSSR count). The first-order valence-electron chi connectivity index (χ1n) is 12.9. The number of fused-ring (bicyclic) bond motifs is 1. The second kappa shape index (κ2) is 11.2. The SMILES string of the molecule is C[C@@H](Cn1cc(C(=O)N2CCN(c3ncc(C(F)(F)F)cn3)CC2)c2cc(F)ccc21)Nc1cn[nH]c(=O)c1C(F)(F)F. The first-order chi connectivity index (χ1) is 20.2. The Kier molecular flexibility index (Phi) is 7.74. The van der Waals surface area contributed by atoms with Gasteiger partial charge in [0.25, 0.3) is 11.5 Å². The van der Waals surface area contributed by atoms with Gasteiger partial charge in [0.15, 0.2) is 0 Å². The van der Waals surface area contributed by atoms with Crippen molar-refractivity contribution in [3.05, 3.63) is 75.8 Å². The number of halogens is 7. The molecule has 1 aromatic carbocycles. The van der Waals surface area contributed by atoms with Crippen molar-refractivity contribution in [1.82, 2.24) is 29.6 Å². The average molecular weight is 613 g/mol. The van der Waals surface area contributed by atoms with Crippen molar-refractivity contribution in [2.24, 2.45) is 0 Å². The van der Waals surface area contributed by atoms with Gasteiger partial charge in [-0.25, -0.2) is 19.5 Å². The molecule has 4 heterocycles. The van der Waals surface area contributed by atoms with Gasteiger partial charge in [0.2, 0.25) is 5.95 Å². The predicted octanol–water partition coefficient (Wildman–Crippen LogP) is 4.15. The molecule has 1 fully saturated rings. The fraction of sp³-hybridized carbons (Fsp3) is 0.346. The average Bonchev–Trinajstić information content (AvgIpc) is 3.28. The predicted molar refractivity (Wildman–Crippen MR) is 140 cm³/mol. The summed E-state index contributed by atoms with van der Waals surface area (Å²) >= 11 is 0. The molecule has 1 atom stereocenters. The summed E-state index contributed by atoms with van der Waals surface area (Å²) in [4.78, 5) is 36.1. The van der Waals surface area contributed by atoms with Gasteiger partial charge in [-0.1, -0.05) is 0 Å². The molecule has 10 nitrogen and oxygen atoms in total. The molecular weight excluding hydrogens is 589 g/mol. The van der Waals surface area contributed by atoms with E-state index in [0.29, 0.717) is 23.3 Å². The van der Waals surface area contributed by atoms with E-state index in [9.17, 15) is 40.3 Å². The van der Waals surface area contributed by atoms with Crippen LogP contribution in [0.4, 0.5) is 42.4 Å². The van der Waals surface area contributed by atoms with E-state index in [2.05, 4.69) is 20.4 Å². The minimum absolute atomic E-state index is 0.0402. The first-order valence-corrected chi connectivity index (χ1v) is 12.9. The van der Waals surface area contributed by atoms with E-state index in [0.717, 1.165) is 6.20 Å². The van der Waals surface area contributed by atoms with E-state index in [4.69, 9.17) is 0 Å². The van der Waals surface area contributed by atoms with Gasteiger partial charge < -0.3 is 19.7 Å². The van der Waals surface area contributed by atoms with Crippen LogP contribution in [0.1, 0.15) is 28.4 Å². The topological polar surface area (TPSA) is 112 Å². The molecule has 228 valence electrons. The Balaban J connectivity index is 1.33. The number of hydrogen-bond donors (Lipinski definition) is 2. The maximum atomic E-state index is 14.2. The van der Waals surface area contributed by atoms with Crippen LogP contribution in [-0.4, -0.2) is 67.8 Å². The van der Waals surface area contributed by atoms with Gasteiger partial charge in [0, 0.05) is 68.3 Å². The second-order valence-electron chi connectivity index (χ2n) is 9.94. The summed E-state index contributed by atoms with van der Waals surface area (Å²) in [6.45, 7) is 2.44. The lowest BCUT2D eigenvalue weighted by atomic mass is 10.1. The zero-order valence-corrected chi connectivity index (χ0v) is 22.3. The lowest BCUT2D eigenvalue weighted by molar-refractivity contribution is -0.139. The summed E-state index contributed by atoms with van der Waals surface area (Å²) in [7, 11) is 0. The molecular formula is C26H23F7N8O2. The molecule has 1 aliphatic heterocycles. The number of benzene rings is 1. The number of amides is 1. The van der Waals surface area contributed by atoms with Crippen LogP contribution in [0.15, 0.2) is 47.8 Å². The lowest BCUT2D eigenvalue weighted by Gasteiger charge is -2.34. The van der Waals surface area contributed by atoms with Crippen molar-refractivity contribution in [3.63, 3.8) is 0 Å². The number of hydrogen-bond acceptors (Lipinski definition) is 7. The quantitative estimate of drug-likeness (QED) is 0.315. The van der Waals surface area contributed by atoms with Crippen LogP contribution in [0.2, 0.25) is 0 Å². The van der Waals surface area contributed by atoms with Crippen LogP contribution in [-0.2, 0) is 18.9 Å². The van der Waals surface area contributed by atoms with E-state index in [-0.39, 0.29) is 44.2 Å². The standard InChI is InChI=1S/C26H23F7N8O2/c1-14(37-19-11-36-38-22(42)21(19)26(31,32)33)12-41-13-18(17-8-16(27)2-3-20(17)41)23(43)39-4-6-40(7-5-39)24-34-9-15(10-35-24)25(28,29)30/h2-3,8-11,13-14H,4-7,12H2,1H3,(H2,37,38,42)/t14-/m0/s1. The van der Waals surface area contributed by atoms with Crippen molar-refractivity contribution in [2.75, 3.05) is 36.4 Å². The number of carbonyl (C=O) groups excluding carboxylic acids is 1. The van der Waals surface area contributed by atoms with Crippen molar-refractivity contribution in [3.8, 4) is 0 Å². The molecule has 1 aliphatic rings. The number of carbonyl (C=O) groups is 1. The number of nitrogens with one attached hydrogen (secondary N) is 2. The highest BCUT2D eigenvalue weighted by Gasteiger charge is 2.38. The molecule has 43 heavy (non-hydrogen) atoms. The Hall–Kier alpha value is -4.70. The van der Waals surface area contributed by atoms with Crippen molar-refractivity contribution >= 4 is 28.4 Å². The van der Waals surface area contributed by atoms with E-state index in [1.165, 1.54) is 29.3 Å². The Morgan fingerprint density at radius 3 is 2.33 bits per heavy atom. The largest absolute Gasteiger partial charge is 0.423 e. The second-order valence-corrected chi connectivity index (χ2v) is 9.94. The minimum atomic E-state index is -4.93. The van der Waals surface area contributed by atoms with Crippen LogP contribution in [0.25, 0.3) is 10.9 Å². The summed E-state index contributed by atoms with van der Waals surface area (Å²) in [5.41, 5.74) is -3.70. The third-order valence-electron chi connectivity index (χ3n) is 6.90. The summed E-state index contributed by atoms with van der Waals surface area (Å²) in [6.07, 6.45) is -5.78. The van der Waals surface area contributed by atoms with Crippen LogP contribution in [0, 0.1) is 5.82 Å². The number of alkyl halides is 6. The molecule has 0 spiro atoms. The van der Waals surface area contributed by atoms with Crippen LogP contribution >= 0.6 is 0 Å². The van der Waals surface area contributed by atoms with Crippen molar-refractivity contribution in [1.29, 1.82) is 0 Å². The molecule has 0 aliphatic carbocycles. The first kappa shape index (κ1) is 29.8. The van der Waals surface area contributed by atoms with E-state index in [1.807, 2.05) is 0 Å². The summed E-state index contributed by atoms with van der Waals surface area (Å²) in [6, 6.07) is 3.13. The monoisotopic (exact) mass is 612 g/mol. The van der Waals surface area contributed by atoms with E-state index >= 15 is 0 Å². The molecule has 17 heteroatoms. The molecule has 3 aromatic heterocycles. The highest BCUT2D eigenvalue weighted by molar-refractivity contribution is 6.07. The van der Waals surface area contributed by atoms with Gasteiger partial charge in [-0.3, -0.25) is 9.59 Å². The smallest absolute Gasteiger partial charge is 0.379 e. The Bertz CT molecular complexity index is 1690. The zero-order chi connectivity index (χ0) is 31.1. The van der Waals surface area contributed by atoms with Gasteiger partial charge in [0.05, 0.1) is 23.0 Å². The molecule has 1 saturated heterocycles. The molecule has 1 amide bonds. The summed E-state index contributed by atoms with van der Waals surface area (Å²) < 4.78 is 94.7. The number of nitrogens with zero attached hydrogens (tertiary/aromatic N) is 6. The number of aromatic nitrogens is 5. The van der Waals surface area contributed by atoms with E-state index in [1.54, 1.807) is 21.5 Å². The van der Waals surface area contributed by atoms with Crippen molar-refractivity contribution in [2.45, 2.75) is 31.9 Å². The van der Waals surface area contributed by atoms with Crippen LogP contribution in [0.3, 0.4) is 0 Å². The molecule has 0 radical (unpaired) electrons. The maximum Gasteiger partial charge on any atom is 0.423 e. The zero-order valence-electron chi connectivity index (χ0n) is 22.3. The number of H-pyrrole nitrogens is 1. The fourth-order valence-corrected chi connectivity index (χ4v) is 4.90. The highest BCUT2D eigenvalue weighted by Crippen LogP contribution is 2.32. The minimum Gasteiger partial charge on any atom is -0.379 e. The number of aromatic amines is 1. The van der Waals surface area contributed by atoms with E-state index < -0.39 is 52.5 Å². The lowest BCUT2D eigenvalue weighted by Crippen LogP contribution is -2.49. The van der Waals surface area contributed by atoms with Gasteiger partial charge in [-0.2, -0.15) is 31.4 Å². The summed E-state index contributed by atoms with van der Waals surface area (Å²) in [5.74, 6) is -0.940. The van der Waals surface area contributed by atoms with Gasteiger partial charge >= 0.3 is 12.4 Å². The van der Waals surface area contributed by atoms with Crippen LogP contribution < -0.4 is 15.8 Å². The van der Waals surface area contributed by atoms with Crippen molar-refractivity contribution < 1.29 is 35.5 Å². The Morgan fingerprint density at radius 2 is 1.70 bits per heavy atom. The summed E-state index contributed by atoms with van der Waals surface area (Å²) in [5, 5.41) is 8.14. The molecule has 4 aromatic rings. The van der Waals surface area contributed by atoms with Gasteiger partial charge in [0.1, 0.15) is 11.4 Å². The van der Waals surface area contributed by atoms with Crippen LogP contribution in [0.5, 0.6) is 0 Å². The highest BCUT2D eigenvalue weighted by atomic mass is 19.4. The van der Waals surface area contributed by atoms with Gasteiger partial charge in [-0.15, -0.1) is 0 Å². The Morgan fingerprint density at radius 1 is 1.02 bits per heavy atom. The molecule has 2 N–H and O–H groups in total. The number of rotatable bonds is 6. The third-order valence-corrected chi connectivity index (χ3v) is 6.90. The fourth-order valence-electron chi connectivity index (χ4n) is 4.90. The third kappa shape index (κ3) is 6.24. The number of anilines is 2. The number of piperazine rings is 1. The Labute approximate surface area is 238 Å². The molecule has 0 unspecified atom stereocenters. The van der Waals surface area contributed by atoms with Gasteiger partial charge in [-0.05, 0) is 25.1 Å².